The number of rotatable bonds is 3. The third-order valence-corrected chi connectivity index (χ3v) is 3.33. The van der Waals surface area contributed by atoms with Gasteiger partial charge in [0.15, 0.2) is 11.6 Å². The summed E-state index contributed by atoms with van der Waals surface area (Å²) < 4.78 is 0. The van der Waals surface area contributed by atoms with Crippen LogP contribution in [0.5, 0.6) is 0 Å². The summed E-state index contributed by atoms with van der Waals surface area (Å²) in [4.78, 5) is 4.18. The second kappa shape index (κ2) is 5.84. The fraction of sp³-hybridized carbons (Fsp3) is 0.0833. The van der Waals surface area contributed by atoms with Gasteiger partial charge in [0.05, 0.1) is 20.8 Å². The summed E-state index contributed by atoms with van der Waals surface area (Å²) in [5, 5.41) is 4.34. The van der Waals surface area contributed by atoms with Crippen LogP contribution in [0.25, 0.3) is 0 Å². The third-order valence-electron chi connectivity index (χ3n) is 2.44. The van der Waals surface area contributed by atoms with Gasteiger partial charge in [-0.15, -0.1) is 0 Å². The minimum atomic E-state index is 0.330. The smallest absolute Gasteiger partial charge is 0.161 e. The van der Waals surface area contributed by atoms with Crippen molar-refractivity contribution < 1.29 is 0 Å². The predicted molar refractivity (Wildman–Crippen MR) is 81.5 cm³/mol. The van der Waals surface area contributed by atoms with E-state index in [1.807, 2.05) is 25.1 Å². The molecule has 0 saturated carbocycles. The number of nitrogens with zero attached hydrogens (tertiary/aromatic N) is 1. The van der Waals surface area contributed by atoms with Gasteiger partial charge in [-0.3, -0.25) is 0 Å². The number of pyridine rings is 1. The van der Waals surface area contributed by atoms with Crippen LogP contribution < -0.4 is 16.6 Å². The van der Waals surface area contributed by atoms with Crippen molar-refractivity contribution in [3.8, 4) is 0 Å². The number of hydrazine groups is 1. The number of nitrogen functional groups attached to an aromatic ring is 1. The number of hydrogen-bond acceptors (Lipinski definition) is 4. The van der Waals surface area contributed by atoms with Gasteiger partial charge in [0, 0.05) is 0 Å². The number of nitrogens with one attached hydrogen (secondary N) is 2. The maximum Gasteiger partial charge on any atom is 0.161 e. The summed E-state index contributed by atoms with van der Waals surface area (Å²) in [5.74, 6) is 6.07. The predicted octanol–water partition coefficient (Wildman–Crippen LogP) is 4.38. The number of nitrogens with two attached hydrogens (primary N) is 1. The molecule has 1 aromatic carbocycles. The lowest BCUT2D eigenvalue weighted by molar-refractivity contribution is 1.22. The Kier molecular flexibility index (Phi) is 4.37. The maximum absolute atomic E-state index is 6.14. The van der Waals surface area contributed by atoms with Gasteiger partial charge in [0.1, 0.15) is 0 Å². The molecule has 0 radical (unpaired) electrons. The molecule has 0 atom stereocenters. The van der Waals surface area contributed by atoms with Crippen LogP contribution in [-0.4, -0.2) is 4.98 Å². The Morgan fingerprint density at radius 3 is 2.32 bits per heavy atom. The Hall–Kier alpha value is -1.20. The lowest BCUT2D eigenvalue weighted by atomic mass is 10.2. The van der Waals surface area contributed by atoms with Crippen LogP contribution >= 0.6 is 34.8 Å². The van der Waals surface area contributed by atoms with Crippen molar-refractivity contribution in [2.24, 2.45) is 5.84 Å². The molecule has 0 spiro atoms. The molecule has 0 unspecified atom stereocenters. The summed E-state index contributed by atoms with van der Waals surface area (Å²) >= 11 is 18.1. The molecule has 0 aliphatic heterocycles. The molecule has 7 heteroatoms. The van der Waals surface area contributed by atoms with Gasteiger partial charge in [-0.1, -0.05) is 40.9 Å². The van der Waals surface area contributed by atoms with E-state index in [1.54, 1.807) is 6.07 Å². The van der Waals surface area contributed by atoms with Crippen molar-refractivity contribution in [2.75, 3.05) is 10.7 Å². The van der Waals surface area contributed by atoms with Gasteiger partial charge in [0.25, 0.3) is 0 Å². The zero-order valence-electron chi connectivity index (χ0n) is 9.97. The zero-order chi connectivity index (χ0) is 14.0. The SMILES string of the molecule is Cc1ccc(Nc2nc(NN)c(Cl)cc2Cl)c(Cl)c1. The van der Waals surface area contributed by atoms with E-state index in [1.165, 1.54) is 0 Å². The third kappa shape index (κ3) is 3.22. The number of aromatic nitrogens is 1. The summed E-state index contributed by atoms with van der Waals surface area (Å²) in [6.45, 7) is 1.96. The molecule has 2 rings (SSSR count). The van der Waals surface area contributed by atoms with Crippen molar-refractivity contribution in [3.05, 3.63) is 44.9 Å². The van der Waals surface area contributed by atoms with E-state index in [2.05, 4.69) is 15.7 Å². The quantitative estimate of drug-likeness (QED) is 0.580. The topological polar surface area (TPSA) is 63.0 Å². The summed E-state index contributed by atoms with van der Waals surface area (Å²) in [5.41, 5.74) is 4.16. The molecule has 0 bridgehead atoms. The van der Waals surface area contributed by atoms with Crippen molar-refractivity contribution in [1.29, 1.82) is 0 Å². The Morgan fingerprint density at radius 2 is 1.68 bits per heavy atom. The minimum Gasteiger partial charge on any atom is -0.338 e. The molecule has 4 N–H and O–H groups in total. The van der Waals surface area contributed by atoms with Crippen molar-refractivity contribution in [3.63, 3.8) is 0 Å². The average molecular weight is 318 g/mol. The summed E-state index contributed by atoms with van der Waals surface area (Å²) in [7, 11) is 0. The number of halogens is 3. The highest BCUT2D eigenvalue weighted by Crippen LogP contribution is 2.32. The Morgan fingerprint density at radius 1 is 1.00 bits per heavy atom. The maximum atomic E-state index is 6.14. The first-order valence-electron chi connectivity index (χ1n) is 5.37. The van der Waals surface area contributed by atoms with Crippen molar-refractivity contribution >= 4 is 52.1 Å². The molecule has 1 aromatic heterocycles. The van der Waals surface area contributed by atoms with Crippen LogP contribution in [-0.2, 0) is 0 Å². The lowest BCUT2D eigenvalue weighted by Crippen LogP contribution is -2.10. The number of hydrogen-bond donors (Lipinski definition) is 3. The van der Waals surface area contributed by atoms with Crippen LogP contribution in [0.15, 0.2) is 24.3 Å². The molecular weight excluding hydrogens is 307 g/mol. The Bertz CT molecular complexity index is 616. The van der Waals surface area contributed by atoms with E-state index in [0.29, 0.717) is 32.4 Å². The molecule has 2 aromatic rings. The van der Waals surface area contributed by atoms with Crippen LogP contribution in [0.1, 0.15) is 5.56 Å². The van der Waals surface area contributed by atoms with Crippen LogP contribution in [0.2, 0.25) is 15.1 Å². The first-order chi connectivity index (χ1) is 9.01. The molecule has 1 heterocycles. The molecule has 0 aliphatic carbocycles. The molecule has 100 valence electrons. The van der Waals surface area contributed by atoms with Crippen molar-refractivity contribution in [2.45, 2.75) is 6.92 Å². The van der Waals surface area contributed by atoms with E-state index in [9.17, 15) is 0 Å². The zero-order valence-corrected chi connectivity index (χ0v) is 12.2. The number of aryl methyl sites for hydroxylation is 1. The van der Waals surface area contributed by atoms with Crippen molar-refractivity contribution in [1.82, 2.24) is 4.98 Å². The highest BCUT2D eigenvalue weighted by Gasteiger charge is 2.10. The fourth-order valence-corrected chi connectivity index (χ4v) is 2.25. The van der Waals surface area contributed by atoms with Gasteiger partial charge in [-0.05, 0) is 30.7 Å². The molecule has 0 saturated heterocycles. The summed E-state index contributed by atoms with van der Waals surface area (Å²) in [6, 6.07) is 7.17. The van der Waals surface area contributed by atoms with Gasteiger partial charge in [-0.2, -0.15) is 0 Å². The van der Waals surface area contributed by atoms with E-state index >= 15 is 0 Å². The van der Waals surface area contributed by atoms with Gasteiger partial charge >= 0.3 is 0 Å². The lowest BCUT2D eigenvalue weighted by Gasteiger charge is -2.12. The monoisotopic (exact) mass is 316 g/mol. The minimum absolute atomic E-state index is 0.330. The first kappa shape index (κ1) is 14.2. The van der Waals surface area contributed by atoms with E-state index in [4.69, 9.17) is 40.6 Å². The van der Waals surface area contributed by atoms with Gasteiger partial charge in [-0.25, -0.2) is 10.8 Å². The standard InChI is InChI=1S/C12H11Cl3N4/c1-6-2-3-10(7(13)4-6)17-11-8(14)5-9(15)12(18-11)19-16/h2-5H,16H2,1H3,(H2,17,18,19). The van der Waals surface area contributed by atoms with E-state index < -0.39 is 0 Å². The molecule has 0 fully saturated rings. The van der Waals surface area contributed by atoms with Crippen LogP contribution in [0.3, 0.4) is 0 Å². The molecule has 0 aliphatic rings. The first-order valence-corrected chi connectivity index (χ1v) is 6.50. The number of anilines is 3. The second-order valence-corrected chi connectivity index (χ2v) is 5.12. The largest absolute Gasteiger partial charge is 0.338 e. The molecular formula is C12H11Cl3N4. The van der Waals surface area contributed by atoms with Gasteiger partial charge < -0.3 is 10.7 Å². The highest BCUT2D eigenvalue weighted by molar-refractivity contribution is 6.37. The normalized spacial score (nSPS) is 10.4. The Labute approximate surface area is 125 Å². The average Bonchev–Trinajstić information content (AvgIpc) is 2.35. The number of benzene rings is 1. The Balaban J connectivity index is 2.37. The van der Waals surface area contributed by atoms with E-state index in [0.717, 1.165) is 5.56 Å². The van der Waals surface area contributed by atoms with E-state index in [-0.39, 0.29) is 0 Å². The fourth-order valence-electron chi connectivity index (χ4n) is 1.50. The van der Waals surface area contributed by atoms with Gasteiger partial charge in [0.2, 0.25) is 0 Å². The van der Waals surface area contributed by atoms with Crippen LogP contribution in [0.4, 0.5) is 17.3 Å². The summed E-state index contributed by atoms with van der Waals surface area (Å²) in [6.07, 6.45) is 0. The molecule has 19 heavy (non-hydrogen) atoms. The second-order valence-electron chi connectivity index (χ2n) is 3.90. The molecule has 0 amide bonds. The molecule has 4 nitrogen and oxygen atoms in total. The highest BCUT2D eigenvalue weighted by atomic mass is 35.5. The van der Waals surface area contributed by atoms with Crippen LogP contribution in [0, 0.1) is 6.92 Å².